The lowest BCUT2D eigenvalue weighted by Gasteiger charge is -2.25. The largest absolute Gasteiger partial charge is 0.461 e. The minimum atomic E-state index is -0.963. The van der Waals surface area contributed by atoms with Gasteiger partial charge in [0.05, 0.1) is 17.2 Å². The van der Waals surface area contributed by atoms with Crippen LogP contribution < -0.4 is 20.1 Å². The van der Waals surface area contributed by atoms with Crippen LogP contribution in [0.25, 0.3) is 0 Å². The highest BCUT2D eigenvalue weighted by Gasteiger charge is 2.29. The lowest BCUT2D eigenvalue weighted by atomic mass is 9.96. The molecule has 1 fully saturated rings. The Morgan fingerprint density at radius 2 is 1.36 bits per heavy atom. The van der Waals surface area contributed by atoms with Gasteiger partial charge in [-0.3, -0.25) is 9.50 Å². The zero-order chi connectivity index (χ0) is 29.2. The molecule has 222 valence electrons. The number of carbonyl (C=O) groups is 4. The zero-order valence-electron chi connectivity index (χ0n) is 23.5. The van der Waals surface area contributed by atoms with E-state index in [2.05, 4.69) is 10.6 Å². The average Bonchev–Trinajstić information content (AvgIpc) is 2.99. The maximum atomic E-state index is 13.0. The summed E-state index contributed by atoms with van der Waals surface area (Å²) in [6.45, 7) is 4.94. The van der Waals surface area contributed by atoms with Gasteiger partial charge in [0.15, 0.2) is 11.5 Å². The fraction of sp³-hybridized carbons (Fsp3) is 0.312. The molecule has 10 heteroatoms. The highest BCUT2D eigenvalue weighted by atomic mass is 19.0. The molecule has 0 aliphatic carbocycles. The van der Waals surface area contributed by atoms with Crippen molar-refractivity contribution in [3.8, 4) is 11.5 Å². The molecular weight excluding hydrogens is 543 g/mol. The summed E-state index contributed by atoms with van der Waals surface area (Å²) in [7, 11) is 0. The standard InChI is InChI=1S/C32H34N2O7.FH/c1-21(2)39-32(38)26(34-29(35)23-15-17-33-18-16-23)19-22-13-14-27(40-30(36)24-9-5-3-6-10-24)28(20-22)41-31(37)25-11-7-4-8-12-25;/h3-14,20-21,23,26,33H,15-19H2,1-2H3,(H,34,35);1H. The Morgan fingerprint density at radius 1 is 0.810 bits per heavy atom. The number of hydrogen-bond donors (Lipinski definition) is 2. The number of halogens is 1. The molecular formula is C32H35FN2O7. The van der Waals surface area contributed by atoms with Gasteiger partial charge in [-0.05, 0) is 81.7 Å². The Bertz CT molecular complexity index is 1360. The fourth-order valence-corrected chi connectivity index (χ4v) is 4.43. The van der Waals surface area contributed by atoms with E-state index in [0.29, 0.717) is 29.5 Å². The maximum absolute atomic E-state index is 13.0. The lowest BCUT2D eigenvalue weighted by Crippen LogP contribution is -2.48. The number of nitrogens with one attached hydrogen (secondary N) is 2. The van der Waals surface area contributed by atoms with Gasteiger partial charge in [-0.1, -0.05) is 42.5 Å². The van der Waals surface area contributed by atoms with Crippen molar-refractivity contribution in [2.24, 2.45) is 5.92 Å². The second-order valence-corrected chi connectivity index (χ2v) is 10.1. The lowest BCUT2D eigenvalue weighted by molar-refractivity contribution is -0.151. The van der Waals surface area contributed by atoms with E-state index < -0.39 is 23.9 Å². The van der Waals surface area contributed by atoms with Crippen LogP contribution in [-0.4, -0.2) is 49.1 Å². The predicted octanol–water partition coefficient (Wildman–Crippen LogP) is 4.26. The van der Waals surface area contributed by atoms with Gasteiger partial charge in [0.1, 0.15) is 6.04 Å². The van der Waals surface area contributed by atoms with E-state index in [1.54, 1.807) is 80.6 Å². The van der Waals surface area contributed by atoms with Gasteiger partial charge in [0, 0.05) is 12.3 Å². The van der Waals surface area contributed by atoms with E-state index in [1.807, 2.05) is 0 Å². The van der Waals surface area contributed by atoms with Gasteiger partial charge in [-0.15, -0.1) is 0 Å². The molecule has 1 aliphatic rings. The van der Waals surface area contributed by atoms with Gasteiger partial charge in [-0.25, -0.2) is 14.4 Å². The molecule has 1 amide bonds. The third-order valence-corrected chi connectivity index (χ3v) is 6.54. The first-order valence-electron chi connectivity index (χ1n) is 13.7. The van der Waals surface area contributed by atoms with Gasteiger partial charge < -0.3 is 24.8 Å². The van der Waals surface area contributed by atoms with E-state index in [9.17, 15) is 19.2 Å². The summed E-state index contributed by atoms with van der Waals surface area (Å²) in [5.41, 5.74) is 1.21. The summed E-state index contributed by atoms with van der Waals surface area (Å²) in [5, 5.41) is 6.09. The molecule has 0 saturated carbocycles. The number of carbonyl (C=O) groups excluding carboxylic acids is 4. The molecule has 0 aromatic heterocycles. The number of piperidine rings is 1. The summed E-state index contributed by atoms with van der Waals surface area (Å²) >= 11 is 0. The van der Waals surface area contributed by atoms with Gasteiger partial charge in [0.2, 0.25) is 5.91 Å². The van der Waals surface area contributed by atoms with Crippen LogP contribution in [0, 0.1) is 5.92 Å². The molecule has 1 unspecified atom stereocenters. The molecule has 1 saturated heterocycles. The van der Waals surface area contributed by atoms with Crippen LogP contribution >= 0.6 is 0 Å². The topological polar surface area (TPSA) is 120 Å². The van der Waals surface area contributed by atoms with E-state index >= 15 is 0 Å². The van der Waals surface area contributed by atoms with Gasteiger partial charge in [-0.2, -0.15) is 0 Å². The third kappa shape index (κ3) is 8.97. The second kappa shape index (κ2) is 15.4. The SMILES string of the molecule is CC(C)OC(=O)C(Cc1ccc(OC(=O)c2ccccc2)c(OC(=O)c2ccccc2)c1)NC(=O)C1CCNCC1.F. The molecule has 0 spiro atoms. The predicted molar refractivity (Wildman–Crippen MR) is 154 cm³/mol. The van der Waals surface area contributed by atoms with Crippen LogP contribution in [0.5, 0.6) is 11.5 Å². The molecule has 4 rings (SSSR count). The molecule has 42 heavy (non-hydrogen) atoms. The molecule has 9 nitrogen and oxygen atoms in total. The summed E-state index contributed by atoms with van der Waals surface area (Å²) in [4.78, 5) is 51.7. The number of rotatable bonds is 10. The molecule has 1 aliphatic heterocycles. The highest BCUT2D eigenvalue weighted by Crippen LogP contribution is 2.31. The van der Waals surface area contributed by atoms with Gasteiger partial charge in [0.25, 0.3) is 0 Å². The maximum Gasteiger partial charge on any atom is 0.343 e. The third-order valence-electron chi connectivity index (χ3n) is 6.54. The molecule has 0 bridgehead atoms. The van der Waals surface area contributed by atoms with E-state index in [1.165, 1.54) is 12.1 Å². The first kappa shape index (κ1) is 32.0. The molecule has 2 N–H and O–H groups in total. The molecule has 0 radical (unpaired) electrons. The van der Waals surface area contributed by atoms with Crippen molar-refractivity contribution in [2.45, 2.75) is 45.3 Å². The summed E-state index contributed by atoms with van der Waals surface area (Å²) < 4.78 is 16.7. The Labute approximate surface area is 243 Å². The fourth-order valence-electron chi connectivity index (χ4n) is 4.43. The molecule has 3 aromatic carbocycles. The summed E-state index contributed by atoms with van der Waals surface area (Å²) in [6, 6.07) is 20.6. The number of amides is 1. The Balaban J connectivity index is 0.00000484. The summed E-state index contributed by atoms with van der Waals surface area (Å²) in [5.74, 6) is -2.20. The summed E-state index contributed by atoms with van der Waals surface area (Å²) in [6.07, 6.45) is 1.06. The van der Waals surface area contributed by atoms with Crippen LogP contribution in [0.4, 0.5) is 4.70 Å². The quantitative estimate of drug-likeness (QED) is 0.271. The smallest absolute Gasteiger partial charge is 0.343 e. The van der Waals surface area contributed by atoms with Crippen LogP contribution in [-0.2, 0) is 20.7 Å². The molecule has 1 heterocycles. The number of ether oxygens (including phenoxy) is 3. The zero-order valence-corrected chi connectivity index (χ0v) is 23.5. The van der Waals surface area contributed by atoms with Crippen molar-refractivity contribution in [2.75, 3.05) is 13.1 Å². The number of benzene rings is 3. The Morgan fingerprint density at radius 3 is 1.90 bits per heavy atom. The molecule has 3 aromatic rings. The Kier molecular flexibility index (Phi) is 11.7. The second-order valence-electron chi connectivity index (χ2n) is 10.1. The van der Waals surface area contributed by atoms with Crippen molar-refractivity contribution in [3.05, 3.63) is 95.6 Å². The Hall–Kier alpha value is -4.57. The van der Waals surface area contributed by atoms with Gasteiger partial charge >= 0.3 is 17.9 Å². The van der Waals surface area contributed by atoms with E-state index in [-0.39, 0.29) is 40.6 Å². The van der Waals surface area contributed by atoms with Crippen molar-refractivity contribution in [3.63, 3.8) is 0 Å². The van der Waals surface area contributed by atoms with Crippen molar-refractivity contribution in [1.29, 1.82) is 0 Å². The van der Waals surface area contributed by atoms with Crippen LogP contribution in [0.2, 0.25) is 0 Å². The molecule has 1 atom stereocenters. The average molecular weight is 579 g/mol. The first-order valence-corrected chi connectivity index (χ1v) is 13.7. The number of esters is 3. The van der Waals surface area contributed by atoms with Crippen LogP contribution in [0.3, 0.4) is 0 Å². The van der Waals surface area contributed by atoms with Crippen LogP contribution in [0.15, 0.2) is 78.9 Å². The minimum absolute atomic E-state index is 0. The minimum Gasteiger partial charge on any atom is -0.461 e. The van der Waals surface area contributed by atoms with E-state index in [0.717, 1.165) is 13.1 Å². The van der Waals surface area contributed by atoms with Crippen molar-refractivity contribution >= 4 is 23.8 Å². The first-order chi connectivity index (χ1) is 19.8. The normalized spacial score (nSPS) is 13.8. The van der Waals surface area contributed by atoms with Crippen LogP contribution in [0.1, 0.15) is 53.0 Å². The van der Waals surface area contributed by atoms with E-state index in [4.69, 9.17) is 14.2 Å². The van der Waals surface area contributed by atoms with Crippen molar-refractivity contribution < 1.29 is 38.1 Å². The van der Waals surface area contributed by atoms with Crippen molar-refractivity contribution in [1.82, 2.24) is 10.6 Å². The number of hydrogen-bond acceptors (Lipinski definition) is 8. The monoisotopic (exact) mass is 578 g/mol. The highest BCUT2D eigenvalue weighted by molar-refractivity contribution is 5.93.